The molecule has 1 fully saturated rings. The van der Waals surface area contributed by atoms with Gasteiger partial charge in [-0.1, -0.05) is 13.8 Å². The van der Waals surface area contributed by atoms with Crippen LogP contribution in [0.25, 0.3) is 0 Å². The summed E-state index contributed by atoms with van der Waals surface area (Å²) >= 11 is 0. The average molecular weight is 272 g/mol. The van der Waals surface area contributed by atoms with E-state index in [2.05, 4.69) is 24.5 Å². The zero-order valence-electron chi connectivity index (χ0n) is 12.4. The second-order valence-corrected chi connectivity index (χ2v) is 6.15. The first-order chi connectivity index (χ1) is 8.89. The van der Waals surface area contributed by atoms with Crippen LogP contribution < -0.4 is 10.6 Å². The Kier molecular flexibility index (Phi) is 6.75. The highest BCUT2D eigenvalue weighted by atomic mass is 16.5. The lowest BCUT2D eigenvalue weighted by atomic mass is 9.94. The molecule has 3 N–H and O–H groups in total. The van der Waals surface area contributed by atoms with Gasteiger partial charge in [0, 0.05) is 25.8 Å². The normalized spacial score (nSPS) is 20.3. The lowest BCUT2D eigenvalue weighted by Gasteiger charge is -2.26. The van der Waals surface area contributed by atoms with Crippen LogP contribution >= 0.6 is 0 Å². The predicted octanol–water partition coefficient (Wildman–Crippen LogP) is 0.668. The van der Waals surface area contributed by atoms with E-state index in [1.165, 1.54) is 0 Å². The Morgan fingerprint density at radius 2 is 2.05 bits per heavy atom. The Balaban J connectivity index is 2.15. The summed E-state index contributed by atoms with van der Waals surface area (Å²) in [6, 6.07) is 0.235. The summed E-state index contributed by atoms with van der Waals surface area (Å²) in [5.74, 6) is 0.431. The van der Waals surface area contributed by atoms with Gasteiger partial charge in [-0.25, -0.2) is 0 Å². The molecule has 5 heteroatoms. The van der Waals surface area contributed by atoms with Gasteiger partial charge in [0.1, 0.15) is 0 Å². The summed E-state index contributed by atoms with van der Waals surface area (Å²) in [6.07, 6.45) is 2.50. The van der Waals surface area contributed by atoms with Gasteiger partial charge < -0.3 is 20.5 Å². The standard InChI is InChI=1S/C14H28N2O3/c1-11(2)8-14(3,18)10-15-9-13(17)16-12-4-6-19-7-5-12/h11-12,15,18H,4-10H2,1-3H3,(H,16,17). The molecule has 0 spiro atoms. The fraction of sp³-hybridized carbons (Fsp3) is 0.929. The van der Waals surface area contributed by atoms with Gasteiger partial charge in [0.15, 0.2) is 0 Å². The molecule has 0 bridgehead atoms. The molecule has 1 aliphatic rings. The van der Waals surface area contributed by atoms with Gasteiger partial charge in [0.25, 0.3) is 0 Å². The highest BCUT2D eigenvalue weighted by molar-refractivity contribution is 5.78. The van der Waals surface area contributed by atoms with E-state index in [9.17, 15) is 9.90 Å². The smallest absolute Gasteiger partial charge is 0.234 e. The fourth-order valence-corrected chi connectivity index (χ4v) is 2.52. The molecular formula is C14H28N2O3. The van der Waals surface area contributed by atoms with E-state index in [0.29, 0.717) is 12.5 Å². The van der Waals surface area contributed by atoms with E-state index in [4.69, 9.17) is 4.74 Å². The van der Waals surface area contributed by atoms with E-state index in [-0.39, 0.29) is 18.5 Å². The van der Waals surface area contributed by atoms with Crippen molar-refractivity contribution in [3.05, 3.63) is 0 Å². The molecule has 19 heavy (non-hydrogen) atoms. The van der Waals surface area contributed by atoms with Gasteiger partial charge in [0.2, 0.25) is 5.91 Å². The molecule has 1 rings (SSSR count). The number of carbonyl (C=O) groups is 1. The molecule has 1 amide bonds. The van der Waals surface area contributed by atoms with E-state index >= 15 is 0 Å². The van der Waals surface area contributed by atoms with Crippen LogP contribution in [0.4, 0.5) is 0 Å². The van der Waals surface area contributed by atoms with Crippen LogP contribution in [0.3, 0.4) is 0 Å². The van der Waals surface area contributed by atoms with Crippen LogP contribution in [0.15, 0.2) is 0 Å². The van der Waals surface area contributed by atoms with Gasteiger partial charge >= 0.3 is 0 Å². The van der Waals surface area contributed by atoms with Crippen molar-refractivity contribution < 1.29 is 14.6 Å². The maximum Gasteiger partial charge on any atom is 0.234 e. The highest BCUT2D eigenvalue weighted by Gasteiger charge is 2.22. The van der Waals surface area contributed by atoms with Crippen LogP contribution in [0.5, 0.6) is 0 Å². The van der Waals surface area contributed by atoms with Crippen molar-refractivity contribution in [2.45, 2.75) is 51.7 Å². The van der Waals surface area contributed by atoms with Crippen molar-refractivity contribution >= 4 is 5.91 Å². The molecule has 1 saturated heterocycles. The Hall–Kier alpha value is -0.650. The lowest BCUT2D eigenvalue weighted by Crippen LogP contribution is -2.46. The van der Waals surface area contributed by atoms with Crippen LogP contribution in [0.2, 0.25) is 0 Å². The Bertz CT molecular complexity index is 274. The highest BCUT2D eigenvalue weighted by Crippen LogP contribution is 2.14. The van der Waals surface area contributed by atoms with Gasteiger partial charge in [-0.15, -0.1) is 0 Å². The largest absolute Gasteiger partial charge is 0.389 e. The number of carbonyl (C=O) groups excluding carboxylic acids is 1. The van der Waals surface area contributed by atoms with Crippen molar-refractivity contribution in [3.63, 3.8) is 0 Å². The molecule has 0 radical (unpaired) electrons. The second-order valence-electron chi connectivity index (χ2n) is 6.15. The number of hydrogen-bond acceptors (Lipinski definition) is 4. The predicted molar refractivity (Wildman–Crippen MR) is 74.9 cm³/mol. The first kappa shape index (κ1) is 16.4. The molecular weight excluding hydrogens is 244 g/mol. The fourth-order valence-electron chi connectivity index (χ4n) is 2.52. The molecule has 0 saturated carbocycles. The summed E-state index contributed by atoms with van der Waals surface area (Å²) in [5, 5.41) is 16.1. The van der Waals surface area contributed by atoms with Crippen molar-refractivity contribution in [1.82, 2.24) is 10.6 Å². The number of rotatable bonds is 7. The number of amides is 1. The maximum atomic E-state index is 11.7. The van der Waals surface area contributed by atoms with Gasteiger partial charge in [-0.2, -0.15) is 0 Å². The van der Waals surface area contributed by atoms with E-state index < -0.39 is 5.60 Å². The molecule has 0 aromatic carbocycles. The number of aliphatic hydroxyl groups is 1. The second kappa shape index (κ2) is 7.82. The lowest BCUT2D eigenvalue weighted by molar-refractivity contribution is -0.121. The minimum atomic E-state index is -0.757. The van der Waals surface area contributed by atoms with E-state index in [0.717, 1.165) is 32.5 Å². The van der Waals surface area contributed by atoms with Crippen molar-refractivity contribution in [2.24, 2.45) is 5.92 Å². The summed E-state index contributed by atoms with van der Waals surface area (Å²) in [4.78, 5) is 11.7. The topological polar surface area (TPSA) is 70.6 Å². The Morgan fingerprint density at radius 3 is 2.63 bits per heavy atom. The van der Waals surface area contributed by atoms with Crippen molar-refractivity contribution in [3.8, 4) is 0 Å². The number of nitrogens with one attached hydrogen (secondary N) is 2. The van der Waals surface area contributed by atoms with Crippen LogP contribution in [0, 0.1) is 5.92 Å². The van der Waals surface area contributed by atoms with Crippen molar-refractivity contribution in [1.29, 1.82) is 0 Å². The third kappa shape index (κ3) is 7.50. The van der Waals surface area contributed by atoms with E-state index in [1.54, 1.807) is 6.92 Å². The maximum absolute atomic E-state index is 11.7. The molecule has 1 atom stereocenters. The monoisotopic (exact) mass is 272 g/mol. The minimum Gasteiger partial charge on any atom is -0.389 e. The first-order valence-electron chi connectivity index (χ1n) is 7.19. The van der Waals surface area contributed by atoms with Crippen LogP contribution in [0.1, 0.15) is 40.0 Å². The average Bonchev–Trinajstić information content (AvgIpc) is 2.28. The van der Waals surface area contributed by atoms with E-state index in [1.807, 2.05) is 0 Å². The number of hydrogen-bond donors (Lipinski definition) is 3. The molecule has 1 unspecified atom stereocenters. The zero-order valence-corrected chi connectivity index (χ0v) is 12.4. The Labute approximate surface area is 116 Å². The Morgan fingerprint density at radius 1 is 1.42 bits per heavy atom. The number of ether oxygens (including phenoxy) is 1. The molecule has 0 aliphatic carbocycles. The molecule has 0 aromatic heterocycles. The van der Waals surface area contributed by atoms with Gasteiger partial charge in [-0.05, 0) is 32.1 Å². The van der Waals surface area contributed by atoms with Crippen LogP contribution in [-0.4, -0.2) is 49.0 Å². The molecule has 1 aliphatic heterocycles. The minimum absolute atomic E-state index is 0.00718. The zero-order chi connectivity index (χ0) is 14.3. The molecule has 5 nitrogen and oxygen atoms in total. The van der Waals surface area contributed by atoms with Crippen molar-refractivity contribution in [2.75, 3.05) is 26.3 Å². The summed E-state index contributed by atoms with van der Waals surface area (Å²) < 4.78 is 5.24. The quantitative estimate of drug-likeness (QED) is 0.637. The third-order valence-corrected chi connectivity index (χ3v) is 3.23. The van der Waals surface area contributed by atoms with Gasteiger partial charge in [0.05, 0.1) is 12.1 Å². The van der Waals surface area contributed by atoms with Gasteiger partial charge in [-0.3, -0.25) is 4.79 Å². The summed E-state index contributed by atoms with van der Waals surface area (Å²) in [5.41, 5.74) is -0.757. The molecule has 1 heterocycles. The first-order valence-corrected chi connectivity index (χ1v) is 7.19. The third-order valence-electron chi connectivity index (χ3n) is 3.23. The summed E-state index contributed by atoms with van der Waals surface area (Å²) in [7, 11) is 0. The van der Waals surface area contributed by atoms with Crippen LogP contribution in [-0.2, 0) is 9.53 Å². The molecule has 112 valence electrons. The molecule has 0 aromatic rings. The SMILES string of the molecule is CC(C)CC(C)(O)CNCC(=O)NC1CCOCC1. The summed E-state index contributed by atoms with van der Waals surface area (Å²) in [6.45, 7) is 8.09.